The number of halogens is 4. The second kappa shape index (κ2) is 8.92. The summed E-state index contributed by atoms with van der Waals surface area (Å²) in [5, 5.41) is 0. The Bertz CT molecular complexity index is 499. The molecule has 1 aliphatic rings. The Morgan fingerprint density at radius 1 is 1.17 bits per heavy atom. The van der Waals surface area contributed by atoms with Crippen LogP contribution in [0.3, 0.4) is 0 Å². The second-order valence-electron chi connectivity index (χ2n) is 6.07. The lowest BCUT2D eigenvalue weighted by molar-refractivity contribution is -0.0640. The van der Waals surface area contributed by atoms with Crippen molar-refractivity contribution in [3.05, 3.63) is 28.5 Å². The highest BCUT2D eigenvalue weighted by Gasteiger charge is 2.34. The molecule has 1 heterocycles. The quantitative estimate of drug-likeness (QED) is 0.558. The summed E-state index contributed by atoms with van der Waals surface area (Å²) in [6.07, 6.45) is 4.42. The molecule has 1 aromatic rings. The first-order chi connectivity index (χ1) is 11.0. The topological polar surface area (TPSA) is 12.5 Å². The Morgan fingerprint density at radius 2 is 1.96 bits per heavy atom. The zero-order valence-corrected chi connectivity index (χ0v) is 14.8. The average Bonchev–Trinajstić information content (AvgIpc) is 2.49. The van der Waals surface area contributed by atoms with Crippen molar-refractivity contribution in [2.75, 3.05) is 26.2 Å². The van der Waals surface area contributed by atoms with Crippen LogP contribution >= 0.6 is 15.9 Å². The number of nitrogens with zero attached hydrogens (tertiary/aromatic N) is 1. The van der Waals surface area contributed by atoms with E-state index in [0.29, 0.717) is 23.2 Å². The summed E-state index contributed by atoms with van der Waals surface area (Å²) in [6.45, 7) is 1.98. The molecule has 0 unspecified atom stereocenters. The molecule has 0 aromatic heterocycles. The molecule has 0 aliphatic carbocycles. The van der Waals surface area contributed by atoms with E-state index in [1.54, 1.807) is 12.1 Å². The van der Waals surface area contributed by atoms with Gasteiger partial charge in [-0.25, -0.2) is 13.2 Å². The molecule has 0 atom stereocenters. The van der Waals surface area contributed by atoms with Crippen LogP contribution in [-0.2, 0) is 0 Å². The predicted molar refractivity (Wildman–Crippen MR) is 88.7 cm³/mol. The van der Waals surface area contributed by atoms with E-state index in [2.05, 4.69) is 15.9 Å². The standard InChI is InChI=1S/C17H23BrF3NO/c18-15-7-6-14(12-16(15)19)23-11-4-2-1-3-9-22-10-5-8-17(20,21)13-22/h6-7,12H,1-5,8-11,13H2. The summed E-state index contributed by atoms with van der Waals surface area (Å²) in [7, 11) is 0. The van der Waals surface area contributed by atoms with Crippen LogP contribution in [0.25, 0.3) is 0 Å². The van der Waals surface area contributed by atoms with Crippen molar-refractivity contribution in [1.82, 2.24) is 4.90 Å². The van der Waals surface area contributed by atoms with Gasteiger partial charge in [-0.3, -0.25) is 4.90 Å². The van der Waals surface area contributed by atoms with Crippen LogP contribution in [0, 0.1) is 5.82 Å². The fraction of sp³-hybridized carbons (Fsp3) is 0.647. The number of rotatable bonds is 8. The fourth-order valence-electron chi connectivity index (χ4n) is 2.79. The molecule has 0 bridgehead atoms. The minimum atomic E-state index is -2.51. The van der Waals surface area contributed by atoms with Crippen molar-refractivity contribution in [2.24, 2.45) is 0 Å². The average molecular weight is 394 g/mol. The van der Waals surface area contributed by atoms with Gasteiger partial charge in [0.2, 0.25) is 0 Å². The number of ether oxygens (including phenoxy) is 1. The predicted octanol–water partition coefficient (Wildman–Crippen LogP) is 5.26. The molecule has 130 valence electrons. The monoisotopic (exact) mass is 393 g/mol. The van der Waals surface area contributed by atoms with Gasteiger partial charge in [-0.05, 0) is 60.4 Å². The number of alkyl halides is 2. The molecule has 0 N–H and O–H groups in total. The van der Waals surface area contributed by atoms with Gasteiger partial charge in [0.15, 0.2) is 0 Å². The van der Waals surface area contributed by atoms with Crippen molar-refractivity contribution < 1.29 is 17.9 Å². The van der Waals surface area contributed by atoms with Gasteiger partial charge in [0.05, 0.1) is 17.6 Å². The van der Waals surface area contributed by atoms with E-state index in [1.165, 1.54) is 6.07 Å². The normalized spacial score (nSPS) is 18.1. The summed E-state index contributed by atoms with van der Waals surface area (Å²) >= 11 is 3.10. The Labute approximate surface area is 144 Å². The molecule has 2 nitrogen and oxygen atoms in total. The second-order valence-corrected chi connectivity index (χ2v) is 6.93. The number of hydrogen-bond donors (Lipinski definition) is 0. The molecule has 1 saturated heterocycles. The van der Waals surface area contributed by atoms with E-state index < -0.39 is 5.92 Å². The van der Waals surface area contributed by atoms with Gasteiger partial charge in [-0.15, -0.1) is 0 Å². The minimum Gasteiger partial charge on any atom is -0.493 e. The van der Waals surface area contributed by atoms with Gasteiger partial charge in [-0.2, -0.15) is 0 Å². The van der Waals surface area contributed by atoms with Crippen LogP contribution in [0.1, 0.15) is 38.5 Å². The molecular formula is C17H23BrF3NO. The number of hydrogen-bond acceptors (Lipinski definition) is 2. The highest BCUT2D eigenvalue weighted by atomic mass is 79.9. The Morgan fingerprint density at radius 3 is 2.70 bits per heavy atom. The highest BCUT2D eigenvalue weighted by molar-refractivity contribution is 9.10. The lowest BCUT2D eigenvalue weighted by Crippen LogP contribution is -2.42. The highest BCUT2D eigenvalue weighted by Crippen LogP contribution is 2.26. The SMILES string of the molecule is Fc1cc(OCCCCCCN2CCCC(F)(F)C2)ccc1Br. The first kappa shape index (κ1) is 18.6. The van der Waals surface area contributed by atoms with Crippen molar-refractivity contribution in [3.63, 3.8) is 0 Å². The van der Waals surface area contributed by atoms with E-state index in [0.717, 1.165) is 38.8 Å². The first-order valence-corrected chi connectivity index (χ1v) is 8.94. The Hall–Kier alpha value is -0.750. The molecule has 0 radical (unpaired) electrons. The van der Waals surface area contributed by atoms with E-state index in [4.69, 9.17) is 4.74 Å². The number of likely N-dealkylation sites (tertiary alicyclic amines) is 1. The van der Waals surface area contributed by atoms with E-state index >= 15 is 0 Å². The van der Waals surface area contributed by atoms with E-state index in [-0.39, 0.29) is 18.8 Å². The maximum Gasteiger partial charge on any atom is 0.260 e. The Balaban J connectivity index is 1.52. The smallest absolute Gasteiger partial charge is 0.260 e. The fourth-order valence-corrected chi connectivity index (χ4v) is 3.03. The van der Waals surface area contributed by atoms with E-state index in [1.807, 2.05) is 4.90 Å². The minimum absolute atomic E-state index is 0.0253. The molecule has 1 aromatic carbocycles. The zero-order chi connectivity index (χ0) is 16.7. The number of benzene rings is 1. The summed E-state index contributed by atoms with van der Waals surface area (Å²) in [6, 6.07) is 4.71. The first-order valence-electron chi connectivity index (χ1n) is 8.14. The third-order valence-electron chi connectivity index (χ3n) is 4.00. The zero-order valence-electron chi connectivity index (χ0n) is 13.2. The number of piperidine rings is 1. The molecule has 0 amide bonds. The van der Waals surface area contributed by atoms with Crippen LogP contribution in [0.2, 0.25) is 0 Å². The van der Waals surface area contributed by atoms with Gasteiger partial charge >= 0.3 is 0 Å². The largest absolute Gasteiger partial charge is 0.493 e. The van der Waals surface area contributed by atoms with Crippen LogP contribution in [0.4, 0.5) is 13.2 Å². The summed E-state index contributed by atoms with van der Waals surface area (Å²) in [5.41, 5.74) is 0. The van der Waals surface area contributed by atoms with Gasteiger partial charge in [0, 0.05) is 12.5 Å². The molecule has 0 spiro atoms. The lowest BCUT2D eigenvalue weighted by atomic mass is 10.1. The molecule has 23 heavy (non-hydrogen) atoms. The lowest BCUT2D eigenvalue weighted by Gasteiger charge is -2.32. The molecule has 2 rings (SSSR count). The van der Waals surface area contributed by atoms with Crippen LogP contribution in [0.5, 0.6) is 5.75 Å². The third-order valence-corrected chi connectivity index (χ3v) is 4.64. The van der Waals surface area contributed by atoms with Crippen LogP contribution in [0.15, 0.2) is 22.7 Å². The van der Waals surface area contributed by atoms with Crippen molar-refractivity contribution in [2.45, 2.75) is 44.4 Å². The van der Waals surface area contributed by atoms with E-state index in [9.17, 15) is 13.2 Å². The third kappa shape index (κ3) is 6.71. The number of unbranched alkanes of at least 4 members (excludes halogenated alkanes) is 3. The van der Waals surface area contributed by atoms with Crippen molar-refractivity contribution in [3.8, 4) is 5.75 Å². The van der Waals surface area contributed by atoms with Crippen LogP contribution < -0.4 is 4.74 Å². The van der Waals surface area contributed by atoms with Gasteiger partial charge in [0.1, 0.15) is 11.6 Å². The summed E-state index contributed by atoms with van der Waals surface area (Å²) < 4.78 is 45.7. The van der Waals surface area contributed by atoms with Gasteiger partial charge in [0.25, 0.3) is 5.92 Å². The summed E-state index contributed by atoms with van der Waals surface area (Å²) in [4.78, 5) is 1.87. The summed E-state index contributed by atoms with van der Waals surface area (Å²) in [5.74, 6) is -2.31. The van der Waals surface area contributed by atoms with Crippen molar-refractivity contribution >= 4 is 15.9 Å². The molecule has 6 heteroatoms. The maximum atomic E-state index is 13.3. The maximum absolute atomic E-state index is 13.3. The molecular weight excluding hydrogens is 371 g/mol. The van der Waals surface area contributed by atoms with Crippen LogP contribution in [-0.4, -0.2) is 37.1 Å². The molecule has 1 aliphatic heterocycles. The Kier molecular flexibility index (Phi) is 7.21. The van der Waals surface area contributed by atoms with Gasteiger partial charge < -0.3 is 4.74 Å². The molecule has 0 saturated carbocycles. The van der Waals surface area contributed by atoms with Gasteiger partial charge in [-0.1, -0.05) is 12.8 Å². The molecule has 1 fully saturated rings. The van der Waals surface area contributed by atoms with Crippen molar-refractivity contribution in [1.29, 1.82) is 0 Å².